The zero-order valence-corrected chi connectivity index (χ0v) is 56.4. The molecule has 0 saturated heterocycles. The SMILES string of the molecule is CC(C)(C)c1cc2ccc3ccc(-c4ccc5cc(-c6ccc7c(c6)C(C)(C)c6ccccc6-7)ccc5c4)c4ccc(c1)c2c34.c1ccc(-c2cc3c4cc(-c5ccccc5)c(-c5ccccc5)cc4c4cc(-c5ccccc5)c(-c5ccccc5)cc4c3cc2-c2ccccc2)cc1. The fourth-order valence-electron chi connectivity index (χ4n) is 16.3. The highest BCUT2D eigenvalue weighted by Gasteiger charge is 2.35. The first kappa shape index (κ1) is 59.5. The van der Waals surface area contributed by atoms with Gasteiger partial charge in [-0.2, -0.15) is 0 Å². The molecule has 1 aliphatic carbocycles. The van der Waals surface area contributed by atoms with Gasteiger partial charge in [-0.05, 0) is 252 Å². The lowest BCUT2D eigenvalue weighted by Crippen LogP contribution is -2.14. The average Bonchev–Trinajstić information content (AvgIpc) is 1.25. The van der Waals surface area contributed by atoms with Crippen LogP contribution in [0.5, 0.6) is 0 Å². The molecule has 18 aromatic carbocycles. The lowest BCUT2D eigenvalue weighted by molar-refractivity contribution is 0.591. The van der Waals surface area contributed by atoms with Crippen molar-refractivity contribution in [3.63, 3.8) is 0 Å². The lowest BCUT2D eigenvalue weighted by atomic mass is 9.81. The van der Waals surface area contributed by atoms with Gasteiger partial charge in [-0.3, -0.25) is 0 Å². The van der Waals surface area contributed by atoms with Gasteiger partial charge < -0.3 is 0 Å². The molecule has 0 aliphatic heterocycles. The summed E-state index contributed by atoms with van der Waals surface area (Å²) >= 11 is 0. The first-order chi connectivity index (χ1) is 48.5. The van der Waals surface area contributed by atoms with Gasteiger partial charge >= 0.3 is 0 Å². The Hall–Kier alpha value is -12.0. The minimum atomic E-state index is 0.00322. The van der Waals surface area contributed by atoms with Crippen LogP contribution in [0.25, 0.3) is 176 Å². The Morgan fingerprint density at radius 3 is 0.929 bits per heavy atom. The van der Waals surface area contributed by atoms with E-state index < -0.39 is 0 Å². The normalized spacial score (nSPS) is 12.6. The molecule has 0 N–H and O–H groups in total. The van der Waals surface area contributed by atoms with Crippen LogP contribution >= 0.6 is 0 Å². The average molecular weight is 1260 g/mol. The van der Waals surface area contributed by atoms with E-state index in [9.17, 15) is 0 Å². The van der Waals surface area contributed by atoms with Crippen LogP contribution in [0.2, 0.25) is 0 Å². The molecule has 0 unspecified atom stereocenters. The monoisotopic (exact) mass is 1260 g/mol. The number of benzene rings is 18. The van der Waals surface area contributed by atoms with E-state index >= 15 is 0 Å². The molecule has 0 atom stereocenters. The predicted octanol–water partition coefficient (Wildman–Crippen LogP) is 27.8. The van der Waals surface area contributed by atoms with Crippen molar-refractivity contribution in [2.75, 3.05) is 0 Å². The van der Waals surface area contributed by atoms with Crippen molar-refractivity contribution in [3.8, 4) is 100 Å². The molecule has 468 valence electrons. The third kappa shape index (κ3) is 10.3. The van der Waals surface area contributed by atoms with Crippen LogP contribution in [-0.4, -0.2) is 0 Å². The van der Waals surface area contributed by atoms with E-state index in [0.717, 1.165) is 0 Å². The molecule has 0 spiro atoms. The highest BCUT2D eigenvalue weighted by atomic mass is 14.4. The molecule has 18 aromatic rings. The first-order valence-electron chi connectivity index (χ1n) is 34.9. The van der Waals surface area contributed by atoms with Gasteiger partial charge in [0.1, 0.15) is 0 Å². The second kappa shape index (κ2) is 23.7. The highest BCUT2D eigenvalue weighted by Crippen LogP contribution is 2.52. The van der Waals surface area contributed by atoms with Gasteiger partial charge in [0.15, 0.2) is 0 Å². The van der Waals surface area contributed by atoms with Crippen molar-refractivity contribution in [2.24, 2.45) is 0 Å². The van der Waals surface area contributed by atoms with Gasteiger partial charge in [-0.1, -0.05) is 326 Å². The van der Waals surface area contributed by atoms with Crippen LogP contribution < -0.4 is 0 Å². The molecular weight excluding hydrogens is 1190 g/mol. The molecule has 0 heterocycles. The molecule has 0 nitrogen and oxygen atoms in total. The number of hydrogen-bond acceptors (Lipinski definition) is 0. The summed E-state index contributed by atoms with van der Waals surface area (Å²) in [6, 6.07) is 128. The highest BCUT2D eigenvalue weighted by molar-refractivity contribution is 6.30. The Morgan fingerprint density at radius 2 is 0.505 bits per heavy atom. The summed E-state index contributed by atoms with van der Waals surface area (Å²) in [5, 5.41) is 18.1. The van der Waals surface area contributed by atoms with Crippen molar-refractivity contribution in [1.82, 2.24) is 0 Å². The molecule has 99 heavy (non-hydrogen) atoms. The van der Waals surface area contributed by atoms with E-state index in [4.69, 9.17) is 0 Å². The topological polar surface area (TPSA) is 0 Å². The maximum atomic E-state index is 2.46. The molecule has 0 radical (unpaired) electrons. The Morgan fingerprint density at radius 1 is 0.192 bits per heavy atom. The van der Waals surface area contributed by atoms with Crippen LogP contribution in [0.3, 0.4) is 0 Å². The van der Waals surface area contributed by atoms with Gasteiger partial charge in [-0.15, -0.1) is 0 Å². The van der Waals surface area contributed by atoms with Crippen molar-refractivity contribution in [2.45, 2.75) is 45.4 Å². The quantitative estimate of drug-likeness (QED) is 0.133. The molecule has 0 bridgehead atoms. The van der Waals surface area contributed by atoms with Crippen molar-refractivity contribution >= 4 is 75.4 Å². The molecule has 0 aromatic heterocycles. The van der Waals surface area contributed by atoms with Crippen LogP contribution in [0.1, 0.15) is 51.3 Å². The zero-order chi connectivity index (χ0) is 66.5. The standard InChI is InChI=1S/C54H36.C45H36/c1-7-19-37(20-8-1)43-31-49-50(32-44(43)38-21-9-2-10-22-38)52-34-46(40-25-13-4-14-26-40)48(42-29-17-6-18-30-42)36-54(52)53-35-47(41-27-15-5-16-28-41)45(33-51(49)53)39-23-11-3-12-24-39;1-44(2,3)35-24-33-15-10-27-16-19-36(39-21-18-34(25-35)42(33)43(27)39)32-14-13-28-22-29(11-12-30(28)23-32)31-17-20-38-37-8-6-7-9-40(37)45(4,5)41(38)26-31/h1-36H;6-26H,1-5H3. The summed E-state index contributed by atoms with van der Waals surface area (Å²) in [5.74, 6) is 0. The predicted molar refractivity (Wildman–Crippen MR) is 426 cm³/mol. The molecule has 19 rings (SSSR count). The Bertz CT molecular complexity index is 5580. The minimum absolute atomic E-state index is 0.00322. The summed E-state index contributed by atoms with van der Waals surface area (Å²) in [4.78, 5) is 0. The summed E-state index contributed by atoms with van der Waals surface area (Å²) in [5.41, 5.74) is 26.8. The molecule has 0 fully saturated rings. The number of hydrogen-bond donors (Lipinski definition) is 0. The van der Waals surface area contributed by atoms with Crippen LogP contribution in [0, 0.1) is 0 Å². The zero-order valence-electron chi connectivity index (χ0n) is 56.4. The van der Waals surface area contributed by atoms with Crippen LogP contribution in [0.15, 0.2) is 346 Å². The van der Waals surface area contributed by atoms with E-state index in [1.54, 1.807) is 0 Å². The van der Waals surface area contributed by atoms with E-state index in [1.165, 1.54) is 192 Å². The van der Waals surface area contributed by atoms with E-state index in [2.05, 4.69) is 380 Å². The van der Waals surface area contributed by atoms with E-state index in [0.29, 0.717) is 0 Å². The smallest absolute Gasteiger partial charge is 0.0159 e. The van der Waals surface area contributed by atoms with Gasteiger partial charge in [0.2, 0.25) is 0 Å². The van der Waals surface area contributed by atoms with Gasteiger partial charge in [0, 0.05) is 5.41 Å². The van der Waals surface area contributed by atoms with Crippen LogP contribution in [-0.2, 0) is 10.8 Å². The van der Waals surface area contributed by atoms with Crippen molar-refractivity contribution < 1.29 is 0 Å². The van der Waals surface area contributed by atoms with Crippen molar-refractivity contribution in [1.29, 1.82) is 0 Å². The molecule has 1 aliphatic rings. The summed E-state index contributed by atoms with van der Waals surface area (Å²) < 4.78 is 0. The first-order valence-corrected chi connectivity index (χ1v) is 34.9. The third-order valence-electron chi connectivity index (χ3n) is 21.4. The van der Waals surface area contributed by atoms with Crippen LogP contribution in [0.4, 0.5) is 0 Å². The minimum Gasteiger partial charge on any atom is -0.0622 e. The van der Waals surface area contributed by atoms with Gasteiger partial charge in [0.25, 0.3) is 0 Å². The maximum Gasteiger partial charge on any atom is 0.0159 e. The summed E-state index contributed by atoms with van der Waals surface area (Å²) in [6.07, 6.45) is 0. The Kier molecular flexibility index (Phi) is 14.2. The number of rotatable bonds is 8. The molecule has 0 saturated carbocycles. The molecule has 0 amide bonds. The summed E-state index contributed by atoms with van der Waals surface area (Å²) in [7, 11) is 0. The number of fused-ring (bicyclic) bond motifs is 10. The fourth-order valence-corrected chi connectivity index (χ4v) is 16.3. The van der Waals surface area contributed by atoms with Gasteiger partial charge in [-0.25, -0.2) is 0 Å². The van der Waals surface area contributed by atoms with E-state index in [-0.39, 0.29) is 10.8 Å². The molecule has 0 heteroatoms. The second-order valence-corrected chi connectivity index (χ2v) is 28.7. The lowest BCUT2D eigenvalue weighted by Gasteiger charge is -2.22. The Labute approximate surface area is 579 Å². The third-order valence-corrected chi connectivity index (χ3v) is 21.4. The van der Waals surface area contributed by atoms with Gasteiger partial charge in [0.05, 0.1) is 0 Å². The summed E-state index contributed by atoms with van der Waals surface area (Å²) in [6.45, 7) is 11.6. The van der Waals surface area contributed by atoms with Crippen molar-refractivity contribution in [3.05, 3.63) is 362 Å². The Balaban J connectivity index is 0.000000145. The molecular formula is C99H72. The largest absolute Gasteiger partial charge is 0.0622 e. The second-order valence-electron chi connectivity index (χ2n) is 28.7. The maximum absolute atomic E-state index is 2.46. The van der Waals surface area contributed by atoms with E-state index in [1.807, 2.05) is 0 Å². The fraction of sp³-hybridized carbons (Fsp3) is 0.0707.